The molecule has 3 heteroatoms. The molecule has 0 N–H and O–H groups in total. The molecule has 0 aromatic heterocycles. The number of halogens is 2. The first-order valence-electron chi connectivity index (χ1n) is 4.22. The van der Waals surface area contributed by atoms with Crippen LogP contribution in [0.3, 0.4) is 0 Å². The Bertz CT molecular complexity index is 266. The van der Waals surface area contributed by atoms with E-state index >= 15 is 0 Å². The van der Waals surface area contributed by atoms with Crippen molar-refractivity contribution in [2.24, 2.45) is 0 Å². The summed E-state index contributed by atoms with van der Waals surface area (Å²) in [7, 11) is 0. The monoisotopic (exact) mass is 202 g/mol. The molecule has 0 aliphatic carbocycles. The number of rotatable bonds is 3. The lowest BCUT2D eigenvalue weighted by molar-refractivity contribution is 0.557. The van der Waals surface area contributed by atoms with Gasteiger partial charge in [0.05, 0.1) is 0 Å². The van der Waals surface area contributed by atoms with Crippen LogP contribution in [0.2, 0.25) is 0 Å². The lowest BCUT2D eigenvalue weighted by atomic mass is 10.1. The molecule has 13 heavy (non-hydrogen) atoms. The second kappa shape index (κ2) is 4.61. The molecular weight excluding hydrogens is 190 g/mol. The van der Waals surface area contributed by atoms with Gasteiger partial charge in [0.1, 0.15) is 11.6 Å². The van der Waals surface area contributed by atoms with Crippen molar-refractivity contribution < 1.29 is 8.78 Å². The first-order valence-corrected chi connectivity index (χ1v) is 5.27. The molecule has 1 aromatic rings. The predicted octanol–water partition coefficient (Wildman–Crippen LogP) is 3.78. The summed E-state index contributed by atoms with van der Waals surface area (Å²) in [6.07, 6.45) is 0. The van der Waals surface area contributed by atoms with Crippen LogP contribution in [0.5, 0.6) is 0 Å². The zero-order valence-electron chi connectivity index (χ0n) is 7.68. The summed E-state index contributed by atoms with van der Waals surface area (Å²) >= 11 is 1.53. The van der Waals surface area contributed by atoms with Gasteiger partial charge in [0.25, 0.3) is 0 Å². The Labute approximate surface area is 81.3 Å². The molecule has 0 bridgehead atoms. The fraction of sp³-hybridized carbons (Fsp3) is 0.400. The van der Waals surface area contributed by atoms with Gasteiger partial charge in [-0.2, -0.15) is 11.8 Å². The molecule has 1 rings (SSSR count). The molecule has 72 valence electrons. The first kappa shape index (κ1) is 10.5. The molecule has 0 saturated heterocycles. The molecule has 1 aromatic carbocycles. The summed E-state index contributed by atoms with van der Waals surface area (Å²) in [6.45, 7) is 3.79. The van der Waals surface area contributed by atoms with Crippen LogP contribution in [0.4, 0.5) is 8.78 Å². The van der Waals surface area contributed by atoms with E-state index in [9.17, 15) is 8.78 Å². The van der Waals surface area contributed by atoms with E-state index in [1.54, 1.807) is 0 Å². The van der Waals surface area contributed by atoms with E-state index in [1.165, 1.54) is 30.0 Å². The van der Waals surface area contributed by atoms with Crippen LogP contribution in [0.1, 0.15) is 24.7 Å². The van der Waals surface area contributed by atoms with E-state index in [1.807, 2.05) is 13.8 Å². The van der Waals surface area contributed by atoms with Gasteiger partial charge in [-0.1, -0.05) is 13.0 Å². The van der Waals surface area contributed by atoms with Crippen LogP contribution < -0.4 is 0 Å². The van der Waals surface area contributed by atoms with Crippen molar-refractivity contribution in [3.8, 4) is 0 Å². The molecule has 0 saturated carbocycles. The Balaban J connectivity index is 2.98. The van der Waals surface area contributed by atoms with Gasteiger partial charge in [0, 0.05) is 10.8 Å². The summed E-state index contributed by atoms with van der Waals surface area (Å²) in [5.41, 5.74) is 0.189. The minimum absolute atomic E-state index is 0.119. The fourth-order valence-corrected chi connectivity index (χ4v) is 2.12. The van der Waals surface area contributed by atoms with Gasteiger partial charge < -0.3 is 0 Å². The molecular formula is C10H12F2S. The van der Waals surface area contributed by atoms with E-state index in [4.69, 9.17) is 0 Å². The molecule has 0 heterocycles. The van der Waals surface area contributed by atoms with Gasteiger partial charge in [-0.3, -0.25) is 0 Å². The number of thioether (sulfide) groups is 1. The third-order valence-electron chi connectivity index (χ3n) is 1.82. The van der Waals surface area contributed by atoms with Crippen LogP contribution in [-0.4, -0.2) is 5.75 Å². The maximum atomic E-state index is 13.2. The van der Waals surface area contributed by atoms with E-state index in [-0.39, 0.29) is 10.8 Å². The van der Waals surface area contributed by atoms with Crippen LogP contribution in [0.25, 0.3) is 0 Å². The van der Waals surface area contributed by atoms with Crippen LogP contribution in [0, 0.1) is 11.6 Å². The minimum Gasteiger partial charge on any atom is -0.207 e. The number of hydrogen-bond donors (Lipinski definition) is 0. The molecule has 0 spiro atoms. The van der Waals surface area contributed by atoms with Crippen molar-refractivity contribution in [2.75, 3.05) is 5.75 Å². The quantitative estimate of drug-likeness (QED) is 0.718. The Kier molecular flexibility index (Phi) is 3.72. The summed E-state index contributed by atoms with van der Waals surface area (Å²) in [6, 6.07) is 3.98. The minimum atomic E-state index is -0.451. The Morgan fingerprint density at radius 3 is 2.31 bits per heavy atom. The Hall–Kier alpha value is -0.570. The third kappa shape index (κ3) is 2.44. The molecule has 0 radical (unpaired) electrons. The van der Waals surface area contributed by atoms with Crippen molar-refractivity contribution in [3.63, 3.8) is 0 Å². The number of benzene rings is 1. The maximum absolute atomic E-state index is 13.2. The summed E-state index contributed by atoms with van der Waals surface area (Å²) in [5, 5.41) is -0.119. The van der Waals surface area contributed by atoms with Gasteiger partial charge in [-0.15, -0.1) is 0 Å². The number of hydrogen-bond acceptors (Lipinski definition) is 1. The lowest BCUT2D eigenvalue weighted by Crippen LogP contribution is -1.98. The second-order valence-electron chi connectivity index (χ2n) is 2.73. The van der Waals surface area contributed by atoms with Gasteiger partial charge in [0.15, 0.2) is 0 Å². The third-order valence-corrected chi connectivity index (χ3v) is 2.89. The highest BCUT2D eigenvalue weighted by Crippen LogP contribution is 2.31. The normalized spacial score (nSPS) is 12.9. The molecule has 0 fully saturated rings. The van der Waals surface area contributed by atoms with E-state index in [0.717, 1.165) is 5.75 Å². The van der Waals surface area contributed by atoms with Crippen molar-refractivity contribution >= 4 is 11.8 Å². The molecule has 0 amide bonds. The maximum Gasteiger partial charge on any atom is 0.130 e. The molecule has 1 atom stereocenters. The van der Waals surface area contributed by atoms with Crippen molar-refractivity contribution in [1.29, 1.82) is 0 Å². The van der Waals surface area contributed by atoms with Crippen molar-refractivity contribution in [2.45, 2.75) is 19.1 Å². The molecule has 0 aliphatic heterocycles. The largest absolute Gasteiger partial charge is 0.207 e. The van der Waals surface area contributed by atoms with Crippen LogP contribution in [0.15, 0.2) is 18.2 Å². The van der Waals surface area contributed by atoms with Crippen molar-refractivity contribution in [1.82, 2.24) is 0 Å². The zero-order valence-corrected chi connectivity index (χ0v) is 8.50. The smallest absolute Gasteiger partial charge is 0.130 e. The molecule has 0 nitrogen and oxygen atoms in total. The summed E-state index contributed by atoms with van der Waals surface area (Å²) in [4.78, 5) is 0. The predicted molar refractivity (Wildman–Crippen MR) is 52.9 cm³/mol. The lowest BCUT2D eigenvalue weighted by Gasteiger charge is -2.11. The Morgan fingerprint density at radius 1 is 1.31 bits per heavy atom. The van der Waals surface area contributed by atoms with E-state index < -0.39 is 11.6 Å². The topological polar surface area (TPSA) is 0 Å². The van der Waals surface area contributed by atoms with Crippen LogP contribution in [-0.2, 0) is 0 Å². The second-order valence-corrected chi connectivity index (χ2v) is 4.35. The van der Waals surface area contributed by atoms with E-state index in [0.29, 0.717) is 0 Å². The zero-order chi connectivity index (χ0) is 9.84. The highest BCUT2D eigenvalue weighted by Gasteiger charge is 2.14. The summed E-state index contributed by atoms with van der Waals surface area (Å²) in [5.74, 6) is -0.0449. The fourth-order valence-electron chi connectivity index (χ4n) is 1.23. The first-order chi connectivity index (χ1) is 6.16. The van der Waals surface area contributed by atoms with E-state index in [2.05, 4.69) is 0 Å². The standard InChI is InChI=1S/C10H12F2S/c1-3-13-7(2)10-8(11)5-4-6-9(10)12/h4-7H,3H2,1-2H3. The highest BCUT2D eigenvalue weighted by atomic mass is 32.2. The van der Waals surface area contributed by atoms with Gasteiger partial charge in [0.2, 0.25) is 0 Å². The Morgan fingerprint density at radius 2 is 1.85 bits per heavy atom. The highest BCUT2D eigenvalue weighted by molar-refractivity contribution is 7.99. The van der Waals surface area contributed by atoms with Gasteiger partial charge in [-0.25, -0.2) is 8.78 Å². The molecule has 0 aliphatic rings. The summed E-state index contributed by atoms with van der Waals surface area (Å²) < 4.78 is 26.3. The van der Waals surface area contributed by atoms with Gasteiger partial charge in [-0.05, 0) is 24.8 Å². The SMILES string of the molecule is CCSC(C)c1c(F)cccc1F. The average molecular weight is 202 g/mol. The van der Waals surface area contributed by atoms with Crippen molar-refractivity contribution in [3.05, 3.63) is 35.4 Å². The van der Waals surface area contributed by atoms with Gasteiger partial charge >= 0.3 is 0 Å². The van der Waals surface area contributed by atoms with Crippen LogP contribution >= 0.6 is 11.8 Å². The average Bonchev–Trinajstić information content (AvgIpc) is 2.04. The molecule has 1 unspecified atom stereocenters.